The predicted molar refractivity (Wildman–Crippen MR) is 89.1 cm³/mol. The molecule has 3 rings (SSSR count). The zero-order chi connectivity index (χ0) is 14.9. The van der Waals surface area contributed by atoms with Crippen LogP contribution in [0.15, 0.2) is 0 Å². The van der Waals surface area contributed by atoms with E-state index in [1.807, 2.05) is 4.90 Å². The van der Waals surface area contributed by atoms with Crippen LogP contribution in [0.1, 0.15) is 51.4 Å². The van der Waals surface area contributed by atoms with E-state index in [2.05, 4.69) is 5.32 Å². The molecule has 1 N–H and O–H groups in total. The number of carbonyl (C=O) groups excluding carboxylic acids is 1. The maximum absolute atomic E-state index is 12.3. The number of nitrogens with zero attached hydrogens (tertiary/aromatic N) is 1. The molecule has 1 aliphatic carbocycles. The monoisotopic (exact) mass is 350 g/mol. The van der Waals surface area contributed by atoms with Crippen LogP contribution in [0.25, 0.3) is 0 Å². The molecule has 2 saturated heterocycles. The Morgan fingerprint density at radius 1 is 1.05 bits per heavy atom. The van der Waals surface area contributed by atoms with Crippen LogP contribution in [0.2, 0.25) is 0 Å². The van der Waals surface area contributed by atoms with Gasteiger partial charge in [0.25, 0.3) is 0 Å². The van der Waals surface area contributed by atoms with Crippen LogP contribution in [0.5, 0.6) is 0 Å². The van der Waals surface area contributed by atoms with Crippen LogP contribution in [0.3, 0.4) is 0 Å². The number of fused-ring (bicyclic) bond motifs is 2. The first-order valence-electron chi connectivity index (χ1n) is 8.30. The second-order valence-electron chi connectivity index (χ2n) is 6.79. The van der Waals surface area contributed by atoms with Crippen molar-refractivity contribution in [3.63, 3.8) is 0 Å². The maximum atomic E-state index is 12.3. The predicted octanol–water partition coefficient (Wildman–Crippen LogP) is 1.51. The van der Waals surface area contributed by atoms with E-state index in [1.165, 1.54) is 6.42 Å². The third kappa shape index (κ3) is 4.15. The first kappa shape index (κ1) is 18.0. The second-order valence-corrected chi connectivity index (χ2v) is 9.19. The topological polar surface area (TPSA) is 66.5 Å². The van der Waals surface area contributed by atoms with E-state index in [1.54, 1.807) is 0 Å². The van der Waals surface area contributed by atoms with Crippen molar-refractivity contribution >= 4 is 28.2 Å². The molecule has 2 atom stereocenters. The molecule has 0 aromatic carbocycles. The molecule has 0 radical (unpaired) electrons. The fourth-order valence-corrected chi connectivity index (χ4v) is 5.82. The van der Waals surface area contributed by atoms with Gasteiger partial charge in [-0.15, -0.1) is 12.4 Å². The average Bonchev–Trinajstić information content (AvgIpc) is 3.06. The molecule has 2 bridgehead atoms. The van der Waals surface area contributed by atoms with Gasteiger partial charge in [0.1, 0.15) is 0 Å². The molecular formula is C15H27ClN2O3S. The number of rotatable bonds is 4. The Morgan fingerprint density at radius 3 is 2.45 bits per heavy atom. The van der Waals surface area contributed by atoms with Crippen molar-refractivity contribution in [1.82, 2.24) is 10.2 Å². The highest BCUT2D eigenvalue weighted by molar-refractivity contribution is 7.92. The highest BCUT2D eigenvalue weighted by Gasteiger charge is 2.33. The Hall–Kier alpha value is -0.330. The lowest BCUT2D eigenvalue weighted by atomic mass is 10.1. The molecule has 2 heterocycles. The number of sulfone groups is 1. The van der Waals surface area contributed by atoms with Crippen LogP contribution in [-0.4, -0.2) is 55.4 Å². The zero-order valence-electron chi connectivity index (χ0n) is 13.0. The van der Waals surface area contributed by atoms with Crippen LogP contribution >= 0.6 is 12.4 Å². The molecule has 7 heteroatoms. The minimum Gasteiger partial charge on any atom is -0.341 e. The van der Waals surface area contributed by atoms with Crippen LogP contribution in [0, 0.1) is 0 Å². The minimum absolute atomic E-state index is 0. The standard InChI is InChI=1S/C15H26N2O3S.ClH/c18-15(8-10-21(19,20)14-3-1-2-4-14)17-9-7-12-5-6-13(11-17)16-12;/h12-14,16H,1-11H2;1H. The summed E-state index contributed by atoms with van der Waals surface area (Å²) >= 11 is 0. The number of likely N-dealkylation sites (tertiary alicyclic amines) is 1. The van der Waals surface area contributed by atoms with Gasteiger partial charge in [-0.25, -0.2) is 8.42 Å². The number of hydrogen-bond donors (Lipinski definition) is 1. The molecule has 3 fully saturated rings. The normalized spacial score (nSPS) is 29.2. The lowest BCUT2D eigenvalue weighted by Gasteiger charge is -2.24. The summed E-state index contributed by atoms with van der Waals surface area (Å²) in [6.45, 7) is 1.52. The van der Waals surface area contributed by atoms with E-state index in [0.29, 0.717) is 12.1 Å². The third-order valence-corrected chi connectivity index (χ3v) is 7.55. The minimum atomic E-state index is -3.08. The fraction of sp³-hybridized carbons (Fsp3) is 0.933. The Kier molecular flexibility index (Phi) is 6.14. The fourth-order valence-electron chi connectivity index (χ4n) is 3.97. The summed E-state index contributed by atoms with van der Waals surface area (Å²) in [5.41, 5.74) is 0. The van der Waals surface area contributed by atoms with Crippen molar-refractivity contribution in [2.75, 3.05) is 18.8 Å². The number of hydrogen-bond acceptors (Lipinski definition) is 4. The first-order valence-corrected chi connectivity index (χ1v) is 10.0. The van der Waals surface area contributed by atoms with Gasteiger partial charge in [-0.2, -0.15) is 0 Å². The second kappa shape index (κ2) is 7.49. The highest BCUT2D eigenvalue weighted by atomic mass is 35.5. The van der Waals surface area contributed by atoms with Gasteiger partial charge in [0.2, 0.25) is 5.91 Å². The van der Waals surface area contributed by atoms with Gasteiger partial charge in [0.05, 0.1) is 11.0 Å². The van der Waals surface area contributed by atoms with Gasteiger partial charge >= 0.3 is 0 Å². The quantitative estimate of drug-likeness (QED) is 0.834. The average molecular weight is 351 g/mol. The first-order chi connectivity index (χ1) is 10.0. The Bertz CT molecular complexity index is 491. The van der Waals surface area contributed by atoms with Gasteiger partial charge in [0, 0.05) is 31.6 Å². The van der Waals surface area contributed by atoms with E-state index < -0.39 is 9.84 Å². The van der Waals surface area contributed by atoms with Crippen molar-refractivity contribution in [2.24, 2.45) is 0 Å². The molecule has 0 aromatic heterocycles. The molecule has 0 spiro atoms. The van der Waals surface area contributed by atoms with E-state index in [4.69, 9.17) is 0 Å². The Morgan fingerprint density at radius 2 is 1.73 bits per heavy atom. The van der Waals surface area contributed by atoms with Gasteiger partial charge < -0.3 is 10.2 Å². The summed E-state index contributed by atoms with van der Waals surface area (Å²) < 4.78 is 24.5. The van der Waals surface area contributed by atoms with Crippen molar-refractivity contribution in [3.8, 4) is 0 Å². The van der Waals surface area contributed by atoms with Crippen molar-refractivity contribution in [3.05, 3.63) is 0 Å². The maximum Gasteiger partial charge on any atom is 0.223 e. The van der Waals surface area contributed by atoms with E-state index in [-0.39, 0.29) is 35.7 Å². The van der Waals surface area contributed by atoms with Crippen LogP contribution < -0.4 is 5.32 Å². The number of carbonyl (C=O) groups is 1. The lowest BCUT2D eigenvalue weighted by Crippen LogP contribution is -2.39. The molecule has 5 nitrogen and oxygen atoms in total. The molecule has 1 saturated carbocycles. The van der Waals surface area contributed by atoms with E-state index in [9.17, 15) is 13.2 Å². The van der Waals surface area contributed by atoms with Crippen molar-refractivity contribution in [2.45, 2.75) is 68.7 Å². The molecule has 2 aliphatic heterocycles. The van der Waals surface area contributed by atoms with Gasteiger partial charge in [-0.1, -0.05) is 12.8 Å². The Balaban J connectivity index is 0.00000176. The van der Waals surface area contributed by atoms with E-state index >= 15 is 0 Å². The van der Waals surface area contributed by atoms with Gasteiger partial charge in [-0.3, -0.25) is 4.79 Å². The summed E-state index contributed by atoms with van der Waals surface area (Å²) in [5, 5.41) is 3.35. The summed E-state index contributed by atoms with van der Waals surface area (Å²) in [6, 6.07) is 0.961. The number of amides is 1. The van der Waals surface area contributed by atoms with Crippen molar-refractivity contribution in [1.29, 1.82) is 0 Å². The van der Waals surface area contributed by atoms with Gasteiger partial charge in [0.15, 0.2) is 9.84 Å². The summed E-state index contributed by atoms with van der Waals surface area (Å²) in [5.74, 6) is 0.0556. The molecule has 1 amide bonds. The summed E-state index contributed by atoms with van der Waals surface area (Å²) in [7, 11) is -3.08. The van der Waals surface area contributed by atoms with E-state index in [0.717, 1.165) is 51.6 Å². The van der Waals surface area contributed by atoms with Crippen LogP contribution in [-0.2, 0) is 14.6 Å². The molecule has 2 unspecified atom stereocenters. The molecule has 3 aliphatic rings. The molecule has 0 aromatic rings. The zero-order valence-corrected chi connectivity index (χ0v) is 14.6. The summed E-state index contributed by atoms with van der Waals surface area (Å²) in [6.07, 6.45) is 7.10. The largest absolute Gasteiger partial charge is 0.341 e. The van der Waals surface area contributed by atoms with Gasteiger partial charge in [-0.05, 0) is 32.1 Å². The molecular weight excluding hydrogens is 324 g/mol. The number of nitrogens with one attached hydrogen (secondary N) is 1. The van der Waals surface area contributed by atoms with Crippen molar-refractivity contribution < 1.29 is 13.2 Å². The SMILES string of the molecule is Cl.O=C(CCS(=O)(=O)C1CCCC1)N1CCC2CCC(C1)N2. The molecule has 128 valence electrons. The lowest BCUT2D eigenvalue weighted by molar-refractivity contribution is -0.131. The smallest absolute Gasteiger partial charge is 0.223 e. The highest BCUT2D eigenvalue weighted by Crippen LogP contribution is 2.26. The summed E-state index contributed by atoms with van der Waals surface area (Å²) in [4.78, 5) is 14.2. The molecule has 22 heavy (non-hydrogen) atoms. The third-order valence-electron chi connectivity index (χ3n) is 5.29. The number of halogens is 1. The van der Waals surface area contributed by atoms with Crippen LogP contribution in [0.4, 0.5) is 0 Å². The Labute approximate surface area is 139 Å².